The molecule has 2 aromatic rings. The Balaban J connectivity index is 1.50. The highest BCUT2D eigenvalue weighted by atomic mass is 19.1. The smallest absolute Gasteiger partial charge is 0.170 e. The second kappa shape index (κ2) is 7.19. The first-order valence-electron chi connectivity index (χ1n) is 9.44. The molecule has 1 aliphatic carbocycles. The van der Waals surface area contributed by atoms with Gasteiger partial charge in [-0.1, -0.05) is 17.3 Å². The molecule has 0 spiro atoms. The summed E-state index contributed by atoms with van der Waals surface area (Å²) >= 11 is 0. The van der Waals surface area contributed by atoms with Gasteiger partial charge in [0.2, 0.25) is 0 Å². The zero-order valence-corrected chi connectivity index (χ0v) is 15.7. The molecule has 0 amide bonds. The van der Waals surface area contributed by atoms with E-state index in [0.717, 1.165) is 42.6 Å². The van der Waals surface area contributed by atoms with E-state index in [1.165, 1.54) is 12.1 Å². The van der Waals surface area contributed by atoms with Gasteiger partial charge in [0.25, 0.3) is 0 Å². The van der Waals surface area contributed by atoms with Crippen LogP contribution in [0.2, 0.25) is 0 Å². The average molecular weight is 372 g/mol. The number of rotatable bonds is 4. The van der Waals surface area contributed by atoms with Crippen molar-refractivity contribution in [3.05, 3.63) is 53.5 Å². The number of methoxy groups -OCH3 is 1. The van der Waals surface area contributed by atoms with Gasteiger partial charge < -0.3 is 14.4 Å². The van der Waals surface area contributed by atoms with E-state index in [9.17, 15) is 9.50 Å². The molecule has 144 valence electrons. The predicted octanol–water partition coefficient (Wildman–Crippen LogP) is 3.76. The molecule has 1 saturated heterocycles. The number of nitrogens with zero attached hydrogens (tertiary/aromatic N) is 2. The van der Waals surface area contributed by atoms with Crippen molar-refractivity contribution >= 4 is 11.0 Å². The van der Waals surface area contributed by atoms with Crippen LogP contribution in [-0.2, 0) is 4.74 Å². The summed E-state index contributed by atoms with van der Waals surface area (Å²) in [5.41, 5.74) is 1.88. The zero-order valence-electron chi connectivity index (χ0n) is 15.7. The fourth-order valence-corrected chi connectivity index (χ4v) is 4.26. The van der Waals surface area contributed by atoms with Crippen LogP contribution in [0.15, 0.2) is 46.5 Å². The number of benzene rings is 1. The van der Waals surface area contributed by atoms with E-state index in [-0.39, 0.29) is 11.7 Å². The number of hydrogen-bond donors (Lipinski definition) is 1. The standard InChI is InChI=1S/C21H25FN2O3/c1-14(25)16-4-3-9-21(13-16,26-2)24-10-7-15(8-11-24)20-18-6-5-17(22)12-19(18)27-23-20/h3-6,9,12,14-15,25H,7-8,10-11,13H2,1-2H3. The second-order valence-electron chi connectivity index (χ2n) is 7.47. The van der Waals surface area contributed by atoms with Crippen molar-refractivity contribution < 1.29 is 18.8 Å². The largest absolute Gasteiger partial charge is 0.389 e. The highest BCUT2D eigenvalue weighted by Gasteiger charge is 2.40. The van der Waals surface area contributed by atoms with E-state index in [2.05, 4.69) is 16.1 Å². The van der Waals surface area contributed by atoms with Gasteiger partial charge in [0.15, 0.2) is 5.58 Å². The molecular weight excluding hydrogens is 347 g/mol. The van der Waals surface area contributed by atoms with Gasteiger partial charge in [-0.05, 0) is 43.5 Å². The number of aliphatic hydroxyl groups excluding tert-OH is 1. The number of aromatic nitrogens is 1. The van der Waals surface area contributed by atoms with Crippen LogP contribution < -0.4 is 0 Å². The van der Waals surface area contributed by atoms with Crippen LogP contribution >= 0.6 is 0 Å². The van der Waals surface area contributed by atoms with Crippen molar-refractivity contribution in [3.8, 4) is 0 Å². The van der Waals surface area contributed by atoms with E-state index < -0.39 is 11.8 Å². The molecule has 6 heteroatoms. The number of ether oxygens (including phenoxy) is 1. The van der Waals surface area contributed by atoms with Crippen LogP contribution in [0.3, 0.4) is 0 Å². The molecule has 0 saturated carbocycles. The van der Waals surface area contributed by atoms with E-state index in [1.54, 1.807) is 20.1 Å². The number of fused-ring (bicyclic) bond motifs is 1. The number of aliphatic hydroxyl groups is 1. The SMILES string of the molecule is COC1(N2CCC(c3noc4cc(F)ccc34)CC2)C=CC=C(C(C)O)C1. The van der Waals surface area contributed by atoms with Gasteiger partial charge in [-0.15, -0.1) is 0 Å². The lowest BCUT2D eigenvalue weighted by Gasteiger charge is -2.46. The molecule has 0 bridgehead atoms. The molecule has 2 heterocycles. The minimum Gasteiger partial charge on any atom is -0.389 e. The third-order valence-corrected chi connectivity index (χ3v) is 5.89. The lowest BCUT2D eigenvalue weighted by molar-refractivity contribution is -0.110. The maximum absolute atomic E-state index is 13.4. The quantitative estimate of drug-likeness (QED) is 0.886. The molecule has 1 aliphatic heterocycles. The average Bonchev–Trinajstić information content (AvgIpc) is 3.11. The monoisotopic (exact) mass is 372 g/mol. The Morgan fingerprint density at radius 3 is 2.85 bits per heavy atom. The van der Waals surface area contributed by atoms with E-state index in [1.807, 2.05) is 12.2 Å². The van der Waals surface area contributed by atoms with Crippen molar-refractivity contribution in [2.75, 3.05) is 20.2 Å². The predicted molar refractivity (Wildman–Crippen MR) is 101 cm³/mol. The third-order valence-electron chi connectivity index (χ3n) is 5.89. The number of halogens is 1. The molecule has 2 atom stereocenters. The van der Waals surface area contributed by atoms with Crippen molar-refractivity contribution in [1.29, 1.82) is 0 Å². The molecule has 2 unspecified atom stereocenters. The van der Waals surface area contributed by atoms with E-state index in [4.69, 9.17) is 9.26 Å². The summed E-state index contributed by atoms with van der Waals surface area (Å²) in [5.74, 6) is -0.0330. The van der Waals surface area contributed by atoms with Gasteiger partial charge in [0, 0.05) is 44.0 Å². The van der Waals surface area contributed by atoms with E-state index in [0.29, 0.717) is 12.0 Å². The molecular formula is C21H25FN2O3. The maximum Gasteiger partial charge on any atom is 0.170 e. The van der Waals surface area contributed by atoms with Crippen molar-refractivity contribution in [3.63, 3.8) is 0 Å². The van der Waals surface area contributed by atoms with E-state index >= 15 is 0 Å². The summed E-state index contributed by atoms with van der Waals surface area (Å²) in [5, 5.41) is 15.1. The maximum atomic E-state index is 13.4. The summed E-state index contributed by atoms with van der Waals surface area (Å²) in [4.78, 5) is 2.33. The van der Waals surface area contributed by atoms with Crippen LogP contribution in [-0.4, -0.2) is 47.2 Å². The number of likely N-dealkylation sites (tertiary alicyclic amines) is 1. The van der Waals surface area contributed by atoms with Crippen LogP contribution in [0.25, 0.3) is 11.0 Å². The molecule has 0 radical (unpaired) electrons. The Labute approximate surface area is 158 Å². The first-order valence-corrected chi connectivity index (χ1v) is 9.44. The fraction of sp³-hybridized carbons (Fsp3) is 0.476. The molecule has 1 aromatic carbocycles. The Morgan fingerprint density at radius 1 is 1.37 bits per heavy atom. The minimum absolute atomic E-state index is 0.279. The fourth-order valence-electron chi connectivity index (χ4n) is 4.26. The van der Waals surface area contributed by atoms with Gasteiger partial charge >= 0.3 is 0 Å². The second-order valence-corrected chi connectivity index (χ2v) is 7.47. The highest BCUT2D eigenvalue weighted by molar-refractivity contribution is 5.79. The Bertz CT molecular complexity index is 881. The number of piperidine rings is 1. The summed E-state index contributed by atoms with van der Waals surface area (Å²) < 4.78 is 24.6. The summed E-state index contributed by atoms with van der Waals surface area (Å²) in [6, 6.07) is 4.59. The molecule has 27 heavy (non-hydrogen) atoms. The van der Waals surface area contributed by atoms with Crippen LogP contribution in [0.4, 0.5) is 4.39 Å². The zero-order chi connectivity index (χ0) is 19.0. The van der Waals surface area contributed by atoms with Crippen molar-refractivity contribution in [2.24, 2.45) is 0 Å². The molecule has 2 aliphatic rings. The highest BCUT2D eigenvalue weighted by Crippen LogP contribution is 2.38. The number of allylic oxidation sites excluding steroid dienone is 2. The van der Waals surface area contributed by atoms with Gasteiger partial charge in [-0.25, -0.2) is 4.39 Å². The Kier molecular flexibility index (Phi) is 4.88. The lowest BCUT2D eigenvalue weighted by atomic mass is 9.87. The summed E-state index contributed by atoms with van der Waals surface area (Å²) in [6.07, 6.45) is 8.04. The van der Waals surface area contributed by atoms with Crippen LogP contribution in [0.1, 0.15) is 37.8 Å². The minimum atomic E-state index is -0.513. The first kappa shape index (κ1) is 18.3. The summed E-state index contributed by atoms with van der Waals surface area (Å²) in [7, 11) is 1.72. The molecule has 1 N–H and O–H groups in total. The van der Waals surface area contributed by atoms with Crippen LogP contribution in [0, 0.1) is 5.82 Å². The van der Waals surface area contributed by atoms with Crippen molar-refractivity contribution in [2.45, 2.75) is 43.9 Å². The first-order chi connectivity index (χ1) is 13.0. The number of hydrogen-bond acceptors (Lipinski definition) is 5. The Hall–Kier alpha value is -2.02. The van der Waals surface area contributed by atoms with Gasteiger partial charge in [-0.3, -0.25) is 4.90 Å². The van der Waals surface area contributed by atoms with Gasteiger partial charge in [0.05, 0.1) is 11.8 Å². The third kappa shape index (κ3) is 3.33. The Morgan fingerprint density at radius 2 is 2.15 bits per heavy atom. The summed E-state index contributed by atoms with van der Waals surface area (Å²) in [6.45, 7) is 3.49. The molecule has 4 rings (SSSR count). The molecule has 1 aromatic heterocycles. The lowest BCUT2D eigenvalue weighted by Crippen LogP contribution is -2.53. The molecule has 1 fully saturated rings. The van der Waals surface area contributed by atoms with Gasteiger partial charge in [0.1, 0.15) is 11.5 Å². The van der Waals surface area contributed by atoms with Gasteiger partial charge in [-0.2, -0.15) is 0 Å². The molecule has 5 nitrogen and oxygen atoms in total. The topological polar surface area (TPSA) is 58.7 Å². The van der Waals surface area contributed by atoms with Crippen molar-refractivity contribution in [1.82, 2.24) is 10.1 Å². The van der Waals surface area contributed by atoms with Crippen LogP contribution in [0.5, 0.6) is 0 Å². The normalized spacial score (nSPS) is 25.7.